The van der Waals surface area contributed by atoms with E-state index >= 15 is 0 Å². The fourth-order valence-corrected chi connectivity index (χ4v) is 6.41. The molecule has 306 valence electrons. The molecule has 0 aromatic heterocycles. The smallest absolute Gasteiger partial charge is 0.162 e. The third-order valence-electron chi connectivity index (χ3n) is 9.24. The van der Waals surface area contributed by atoms with Gasteiger partial charge in [-0.15, -0.1) is 0 Å². The normalized spacial score (nSPS) is 10.8. The van der Waals surface area contributed by atoms with E-state index in [9.17, 15) is 20.4 Å². The van der Waals surface area contributed by atoms with Crippen LogP contribution in [0.3, 0.4) is 0 Å². The molecule has 7 aromatic carbocycles. The lowest BCUT2D eigenvalue weighted by Crippen LogP contribution is -2.03. The average Bonchev–Trinajstić information content (AvgIpc) is 3.27. The van der Waals surface area contributed by atoms with Crippen molar-refractivity contribution in [2.45, 2.75) is 44.1 Å². The first-order valence-electron chi connectivity index (χ1n) is 19.1. The molecule has 0 saturated heterocycles. The second-order valence-corrected chi connectivity index (χ2v) is 14.7. The summed E-state index contributed by atoms with van der Waals surface area (Å²) in [6, 6.07) is 44.6. The van der Waals surface area contributed by atoms with Crippen LogP contribution in [0.4, 0.5) is 0 Å². The van der Waals surface area contributed by atoms with Gasteiger partial charge in [0.2, 0.25) is 0 Å². The van der Waals surface area contributed by atoms with E-state index in [1.54, 1.807) is 97.1 Å². The number of alkyl halides is 1. The van der Waals surface area contributed by atoms with Crippen LogP contribution in [0.2, 0.25) is 0 Å². The number of aromatic hydroxyl groups is 4. The standard InChI is InChI=1S/C49H43IO10/c50-26-39-21-44(55-31-37-9-19-46(57-27-33-1-11-40(51)12-2-33)48(23-37)59-29-35-5-15-42(53)16-6-35)25-45(22-39)56-32-38-10-20-47(58-28-34-3-13-41(52)14-4-34)49(24-38)60-30-36-7-17-43(54)18-8-36/h1-25,51-54H,26-32H2. The van der Waals surface area contributed by atoms with Gasteiger partial charge in [-0.2, -0.15) is 0 Å². The molecule has 0 unspecified atom stereocenters. The molecule has 60 heavy (non-hydrogen) atoms. The number of hydrogen-bond donors (Lipinski definition) is 4. The van der Waals surface area contributed by atoms with E-state index in [2.05, 4.69) is 22.6 Å². The number of rotatable bonds is 19. The van der Waals surface area contributed by atoms with Gasteiger partial charge in [-0.05, 0) is 124 Å². The second-order valence-electron chi connectivity index (χ2n) is 13.9. The van der Waals surface area contributed by atoms with Crippen molar-refractivity contribution < 1.29 is 48.8 Å². The van der Waals surface area contributed by atoms with E-state index in [0.29, 0.717) is 34.5 Å². The van der Waals surface area contributed by atoms with Gasteiger partial charge in [0.15, 0.2) is 23.0 Å². The summed E-state index contributed by atoms with van der Waals surface area (Å²) >= 11 is 2.32. The van der Waals surface area contributed by atoms with E-state index < -0.39 is 0 Å². The summed E-state index contributed by atoms with van der Waals surface area (Å²) in [4.78, 5) is 0. The molecular formula is C49H43IO10. The number of phenols is 4. The maximum atomic E-state index is 9.71. The molecule has 4 N–H and O–H groups in total. The minimum Gasteiger partial charge on any atom is -0.508 e. The van der Waals surface area contributed by atoms with Crippen LogP contribution in [-0.4, -0.2) is 20.4 Å². The number of benzene rings is 7. The van der Waals surface area contributed by atoms with Crippen LogP contribution in [-0.2, 0) is 44.1 Å². The predicted molar refractivity (Wildman–Crippen MR) is 235 cm³/mol. The quantitative estimate of drug-likeness (QED) is 0.0458. The number of halogens is 1. The van der Waals surface area contributed by atoms with Crippen LogP contribution in [0, 0.1) is 0 Å². The van der Waals surface area contributed by atoms with Crippen molar-refractivity contribution in [2.24, 2.45) is 0 Å². The molecule has 0 aliphatic carbocycles. The summed E-state index contributed by atoms with van der Waals surface area (Å²) in [5, 5.41) is 38.8. The summed E-state index contributed by atoms with van der Waals surface area (Å²) < 4.78 is 38.2. The Bertz CT molecular complexity index is 2280. The monoisotopic (exact) mass is 918 g/mol. The lowest BCUT2D eigenvalue weighted by Gasteiger charge is -2.16. The lowest BCUT2D eigenvalue weighted by atomic mass is 10.2. The van der Waals surface area contributed by atoms with Crippen LogP contribution in [0.5, 0.6) is 57.5 Å². The van der Waals surface area contributed by atoms with Gasteiger partial charge in [-0.1, -0.05) is 83.3 Å². The van der Waals surface area contributed by atoms with E-state index in [-0.39, 0.29) is 62.6 Å². The maximum Gasteiger partial charge on any atom is 0.162 e. The summed E-state index contributed by atoms with van der Waals surface area (Å²) in [5.41, 5.74) is 6.32. The van der Waals surface area contributed by atoms with Crippen molar-refractivity contribution in [3.8, 4) is 57.5 Å². The first-order chi connectivity index (χ1) is 29.2. The molecule has 0 radical (unpaired) electrons. The molecule has 7 rings (SSSR count). The molecule has 0 spiro atoms. The Kier molecular flexibility index (Phi) is 14.0. The van der Waals surface area contributed by atoms with Crippen molar-refractivity contribution in [1.29, 1.82) is 0 Å². The van der Waals surface area contributed by atoms with Crippen molar-refractivity contribution in [3.63, 3.8) is 0 Å². The largest absolute Gasteiger partial charge is 0.508 e. The van der Waals surface area contributed by atoms with Crippen molar-refractivity contribution in [1.82, 2.24) is 0 Å². The Hall–Kier alpha value is -6.73. The van der Waals surface area contributed by atoms with Gasteiger partial charge in [0, 0.05) is 10.5 Å². The van der Waals surface area contributed by atoms with Crippen molar-refractivity contribution in [2.75, 3.05) is 0 Å². The predicted octanol–water partition coefficient (Wildman–Crippen LogP) is 10.9. The highest BCUT2D eigenvalue weighted by molar-refractivity contribution is 14.1. The maximum absolute atomic E-state index is 9.71. The average molecular weight is 919 g/mol. The van der Waals surface area contributed by atoms with E-state index in [1.165, 1.54) is 0 Å². The number of hydrogen-bond acceptors (Lipinski definition) is 10. The fourth-order valence-electron chi connectivity index (χ4n) is 5.97. The number of phenolic OH excluding ortho intramolecular Hbond substituents is 4. The second kappa shape index (κ2) is 20.3. The van der Waals surface area contributed by atoms with Gasteiger partial charge in [-0.25, -0.2) is 0 Å². The van der Waals surface area contributed by atoms with Crippen LogP contribution >= 0.6 is 22.6 Å². The van der Waals surface area contributed by atoms with Crippen LogP contribution in [0.25, 0.3) is 0 Å². The third-order valence-corrected chi connectivity index (χ3v) is 10.1. The first-order valence-corrected chi connectivity index (χ1v) is 20.6. The Morgan fingerprint density at radius 3 is 0.883 bits per heavy atom. The molecule has 0 amide bonds. The van der Waals surface area contributed by atoms with Gasteiger partial charge < -0.3 is 48.8 Å². The third kappa shape index (κ3) is 12.1. The molecule has 11 heteroatoms. The Morgan fingerprint density at radius 1 is 0.283 bits per heavy atom. The zero-order valence-electron chi connectivity index (χ0n) is 32.5. The molecule has 0 saturated carbocycles. The highest BCUT2D eigenvalue weighted by atomic mass is 127. The minimum atomic E-state index is 0.181. The molecule has 0 heterocycles. The highest BCUT2D eigenvalue weighted by Gasteiger charge is 2.13. The van der Waals surface area contributed by atoms with Gasteiger partial charge in [0.05, 0.1) is 0 Å². The molecule has 0 atom stereocenters. The number of ether oxygens (including phenoxy) is 6. The molecular weight excluding hydrogens is 875 g/mol. The summed E-state index contributed by atoms with van der Waals surface area (Å²) in [7, 11) is 0. The SMILES string of the molecule is Oc1ccc(COc2ccc(COc3cc(CI)cc(OCc4ccc(OCc5ccc(O)cc5)c(OCc5ccc(O)cc5)c4)c3)cc2OCc2ccc(O)cc2)cc1. The summed E-state index contributed by atoms with van der Waals surface area (Å²) in [6.45, 7) is 1.60. The lowest BCUT2D eigenvalue weighted by molar-refractivity contribution is 0.253. The zero-order chi connectivity index (χ0) is 41.7. The van der Waals surface area contributed by atoms with E-state index in [0.717, 1.165) is 43.4 Å². The molecule has 0 aliphatic rings. The topological polar surface area (TPSA) is 136 Å². The first kappa shape index (κ1) is 41.4. The Labute approximate surface area is 361 Å². The molecule has 10 nitrogen and oxygen atoms in total. The fraction of sp³-hybridized carbons (Fsp3) is 0.143. The summed E-state index contributed by atoms with van der Waals surface area (Å²) in [6.07, 6.45) is 0. The Balaban J connectivity index is 1.03. The zero-order valence-corrected chi connectivity index (χ0v) is 34.7. The molecule has 0 fully saturated rings. The van der Waals surface area contributed by atoms with Gasteiger partial charge in [0.1, 0.15) is 74.1 Å². The Morgan fingerprint density at radius 2 is 0.567 bits per heavy atom. The van der Waals surface area contributed by atoms with Gasteiger partial charge in [-0.3, -0.25) is 0 Å². The molecule has 0 bridgehead atoms. The van der Waals surface area contributed by atoms with Crippen molar-refractivity contribution >= 4 is 22.6 Å². The molecule has 7 aromatic rings. The van der Waals surface area contributed by atoms with Crippen LogP contribution in [0.15, 0.2) is 152 Å². The molecule has 0 aliphatic heterocycles. The summed E-state index contributed by atoms with van der Waals surface area (Å²) in [5.74, 6) is 4.22. The van der Waals surface area contributed by atoms with Crippen LogP contribution in [0.1, 0.15) is 38.9 Å². The van der Waals surface area contributed by atoms with E-state index in [1.807, 2.05) is 54.6 Å². The van der Waals surface area contributed by atoms with Gasteiger partial charge in [0.25, 0.3) is 0 Å². The minimum absolute atomic E-state index is 0.181. The van der Waals surface area contributed by atoms with E-state index in [4.69, 9.17) is 28.4 Å². The van der Waals surface area contributed by atoms with Gasteiger partial charge >= 0.3 is 0 Å². The van der Waals surface area contributed by atoms with Crippen molar-refractivity contribution in [3.05, 3.63) is 191 Å². The highest BCUT2D eigenvalue weighted by Crippen LogP contribution is 2.34. The van der Waals surface area contributed by atoms with Crippen LogP contribution < -0.4 is 28.4 Å².